The fraction of sp³-hybridized carbons (Fsp3) is 0.571. The molecule has 0 saturated heterocycles. The van der Waals surface area contributed by atoms with Crippen LogP contribution in [0.25, 0.3) is 0 Å². The summed E-state index contributed by atoms with van der Waals surface area (Å²) in [5, 5.41) is 0. The van der Waals surface area contributed by atoms with E-state index in [1.165, 1.54) is 0 Å². The summed E-state index contributed by atoms with van der Waals surface area (Å²) in [5.41, 5.74) is 7.35. The number of benzene rings is 1. The van der Waals surface area contributed by atoms with E-state index in [4.69, 9.17) is 15.2 Å². The summed E-state index contributed by atoms with van der Waals surface area (Å²) in [4.78, 5) is 0. The molecule has 1 aromatic rings. The lowest BCUT2D eigenvalue weighted by Crippen LogP contribution is -2.18. The summed E-state index contributed by atoms with van der Waals surface area (Å²) in [6, 6.07) is 6.11. The maximum Gasteiger partial charge on any atom is 0.161 e. The predicted octanol–water partition coefficient (Wildman–Crippen LogP) is 2.89. The summed E-state index contributed by atoms with van der Waals surface area (Å²) in [7, 11) is 0. The Labute approximate surface area is 103 Å². The smallest absolute Gasteiger partial charge is 0.161 e. The van der Waals surface area contributed by atoms with Crippen molar-refractivity contribution in [1.82, 2.24) is 0 Å². The largest absolute Gasteiger partial charge is 0.490 e. The zero-order valence-corrected chi connectivity index (χ0v) is 10.6. The molecule has 2 N–H and O–H groups in total. The van der Waals surface area contributed by atoms with Gasteiger partial charge in [0.05, 0.1) is 13.2 Å². The molecule has 0 bridgehead atoms. The molecular weight excluding hydrogens is 214 g/mol. The zero-order valence-electron chi connectivity index (χ0n) is 10.6. The Kier molecular flexibility index (Phi) is 3.89. The van der Waals surface area contributed by atoms with Crippen LogP contribution in [0.3, 0.4) is 0 Å². The van der Waals surface area contributed by atoms with Gasteiger partial charge < -0.3 is 15.2 Å². The van der Waals surface area contributed by atoms with Crippen molar-refractivity contribution in [2.75, 3.05) is 13.2 Å². The van der Waals surface area contributed by atoms with Crippen LogP contribution in [0, 0.1) is 5.92 Å². The maximum absolute atomic E-state index is 6.22. The minimum Gasteiger partial charge on any atom is -0.490 e. The van der Waals surface area contributed by atoms with E-state index >= 15 is 0 Å². The van der Waals surface area contributed by atoms with E-state index in [1.54, 1.807) is 0 Å². The number of hydrogen-bond acceptors (Lipinski definition) is 3. The Bertz CT molecular complexity index is 378. The molecule has 0 aliphatic carbocycles. The van der Waals surface area contributed by atoms with Crippen molar-refractivity contribution in [3.05, 3.63) is 23.8 Å². The topological polar surface area (TPSA) is 44.5 Å². The van der Waals surface area contributed by atoms with Crippen LogP contribution in [-0.4, -0.2) is 13.2 Å². The molecule has 1 heterocycles. The van der Waals surface area contributed by atoms with Crippen LogP contribution >= 0.6 is 0 Å². The Morgan fingerprint density at radius 2 is 1.94 bits per heavy atom. The van der Waals surface area contributed by atoms with Gasteiger partial charge in [-0.15, -0.1) is 0 Å². The molecule has 0 aromatic heterocycles. The van der Waals surface area contributed by atoms with Crippen LogP contribution in [0.5, 0.6) is 11.5 Å². The van der Waals surface area contributed by atoms with Crippen LogP contribution in [0.2, 0.25) is 0 Å². The number of fused-ring (bicyclic) bond motifs is 1. The van der Waals surface area contributed by atoms with Crippen LogP contribution < -0.4 is 15.2 Å². The van der Waals surface area contributed by atoms with Gasteiger partial charge in [0, 0.05) is 12.5 Å². The molecule has 0 unspecified atom stereocenters. The van der Waals surface area contributed by atoms with Gasteiger partial charge >= 0.3 is 0 Å². The van der Waals surface area contributed by atoms with Gasteiger partial charge in [-0.3, -0.25) is 0 Å². The third-order valence-electron chi connectivity index (χ3n) is 3.41. The van der Waals surface area contributed by atoms with Crippen molar-refractivity contribution in [3.8, 4) is 11.5 Å². The summed E-state index contributed by atoms with van der Waals surface area (Å²) < 4.78 is 11.3. The lowest BCUT2D eigenvalue weighted by Gasteiger charge is -2.20. The molecule has 0 fully saturated rings. The Morgan fingerprint density at radius 1 is 1.24 bits per heavy atom. The second-order valence-corrected chi connectivity index (χ2v) is 4.67. The Hall–Kier alpha value is -1.22. The SMILES string of the molecule is CC[C@H](C)[C@@H](N)c1ccc2c(c1)OCCCO2. The van der Waals surface area contributed by atoms with Gasteiger partial charge in [0.2, 0.25) is 0 Å². The van der Waals surface area contributed by atoms with Crippen LogP contribution in [0.4, 0.5) is 0 Å². The van der Waals surface area contributed by atoms with Crippen molar-refractivity contribution in [1.29, 1.82) is 0 Å². The number of rotatable bonds is 3. The Balaban J connectivity index is 2.23. The minimum atomic E-state index is 0.0668. The summed E-state index contributed by atoms with van der Waals surface area (Å²) in [6.45, 7) is 5.78. The highest BCUT2D eigenvalue weighted by Gasteiger charge is 2.17. The molecule has 0 saturated carbocycles. The normalized spacial score (nSPS) is 18.3. The van der Waals surface area contributed by atoms with Crippen molar-refractivity contribution in [3.63, 3.8) is 0 Å². The Morgan fingerprint density at radius 3 is 2.65 bits per heavy atom. The van der Waals surface area contributed by atoms with E-state index in [9.17, 15) is 0 Å². The van der Waals surface area contributed by atoms with Gasteiger partial charge in [0.15, 0.2) is 11.5 Å². The molecule has 2 rings (SSSR count). The van der Waals surface area contributed by atoms with Gasteiger partial charge in [-0.25, -0.2) is 0 Å². The quantitative estimate of drug-likeness (QED) is 0.876. The average molecular weight is 235 g/mol. The van der Waals surface area contributed by atoms with Crippen LogP contribution in [-0.2, 0) is 0 Å². The molecule has 0 amide bonds. The zero-order chi connectivity index (χ0) is 12.3. The van der Waals surface area contributed by atoms with Gasteiger partial charge in [-0.05, 0) is 23.6 Å². The van der Waals surface area contributed by atoms with Gasteiger partial charge in [-0.1, -0.05) is 26.3 Å². The molecule has 1 aliphatic rings. The van der Waals surface area contributed by atoms with E-state index in [-0.39, 0.29) is 6.04 Å². The fourth-order valence-electron chi connectivity index (χ4n) is 1.97. The monoisotopic (exact) mass is 235 g/mol. The minimum absolute atomic E-state index is 0.0668. The number of ether oxygens (including phenoxy) is 2. The van der Waals surface area contributed by atoms with E-state index in [0.29, 0.717) is 5.92 Å². The lowest BCUT2D eigenvalue weighted by molar-refractivity contribution is 0.297. The molecule has 0 radical (unpaired) electrons. The third kappa shape index (κ3) is 2.72. The first-order valence-electron chi connectivity index (χ1n) is 6.37. The molecule has 1 aliphatic heterocycles. The predicted molar refractivity (Wildman–Crippen MR) is 68.4 cm³/mol. The third-order valence-corrected chi connectivity index (χ3v) is 3.41. The molecule has 17 heavy (non-hydrogen) atoms. The molecule has 0 spiro atoms. The maximum atomic E-state index is 6.22. The van der Waals surface area contributed by atoms with E-state index in [2.05, 4.69) is 13.8 Å². The van der Waals surface area contributed by atoms with Crippen LogP contribution in [0.1, 0.15) is 38.3 Å². The molecule has 1 aromatic carbocycles. The van der Waals surface area contributed by atoms with Crippen LogP contribution in [0.15, 0.2) is 18.2 Å². The molecule has 3 nitrogen and oxygen atoms in total. The number of nitrogens with two attached hydrogens (primary N) is 1. The van der Waals surface area contributed by atoms with E-state index < -0.39 is 0 Å². The summed E-state index contributed by atoms with van der Waals surface area (Å²) in [6.07, 6.45) is 2.01. The number of hydrogen-bond donors (Lipinski definition) is 1. The second kappa shape index (κ2) is 5.41. The lowest BCUT2D eigenvalue weighted by atomic mass is 9.93. The first-order valence-corrected chi connectivity index (χ1v) is 6.37. The molecule has 3 heteroatoms. The fourth-order valence-corrected chi connectivity index (χ4v) is 1.97. The molecule has 94 valence electrons. The van der Waals surface area contributed by atoms with E-state index in [1.807, 2.05) is 18.2 Å². The highest BCUT2D eigenvalue weighted by molar-refractivity contribution is 5.44. The molecular formula is C14H21NO2. The second-order valence-electron chi connectivity index (χ2n) is 4.67. The van der Waals surface area contributed by atoms with Crippen molar-refractivity contribution < 1.29 is 9.47 Å². The standard InChI is InChI=1S/C14H21NO2/c1-3-10(2)14(15)11-5-6-12-13(9-11)17-8-4-7-16-12/h5-6,9-10,14H,3-4,7-8,15H2,1-2H3/t10-,14+/m0/s1. The van der Waals surface area contributed by atoms with Crippen molar-refractivity contribution >= 4 is 0 Å². The van der Waals surface area contributed by atoms with Gasteiger partial charge in [0.1, 0.15) is 0 Å². The molecule has 2 atom stereocenters. The highest BCUT2D eigenvalue weighted by Crippen LogP contribution is 2.33. The van der Waals surface area contributed by atoms with Crippen molar-refractivity contribution in [2.24, 2.45) is 11.7 Å². The summed E-state index contributed by atoms with van der Waals surface area (Å²) in [5.74, 6) is 2.14. The first kappa shape index (κ1) is 12.2. The first-order chi connectivity index (χ1) is 8.22. The highest BCUT2D eigenvalue weighted by atomic mass is 16.5. The summed E-state index contributed by atoms with van der Waals surface area (Å²) >= 11 is 0. The van der Waals surface area contributed by atoms with Gasteiger partial charge in [0.25, 0.3) is 0 Å². The van der Waals surface area contributed by atoms with Crippen molar-refractivity contribution in [2.45, 2.75) is 32.7 Å². The van der Waals surface area contributed by atoms with Gasteiger partial charge in [-0.2, -0.15) is 0 Å². The average Bonchev–Trinajstić information content (AvgIpc) is 2.61. The van der Waals surface area contributed by atoms with E-state index in [0.717, 1.165) is 43.1 Å².